The molecule has 0 aromatic carbocycles. The van der Waals surface area contributed by atoms with Gasteiger partial charge in [0.25, 0.3) is 0 Å². The number of hydrogen-bond acceptors (Lipinski definition) is 2. The lowest BCUT2D eigenvalue weighted by molar-refractivity contribution is -0.123. The number of carbonyl (C=O) groups is 1. The van der Waals surface area contributed by atoms with E-state index in [-0.39, 0.29) is 24.4 Å². The summed E-state index contributed by atoms with van der Waals surface area (Å²) in [4.78, 5) is 12.0. The molecule has 112 valence electrons. The number of rotatable bonds is 3. The average molecular weight is 289 g/mol. The monoisotopic (exact) mass is 288 g/mol. The Morgan fingerprint density at radius 3 is 2.21 bits per heavy atom. The number of nitrogens with one attached hydrogen (secondary N) is 2. The van der Waals surface area contributed by atoms with E-state index in [0.29, 0.717) is 0 Å². The molecule has 19 heavy (non-hydrogen) atoms. The molecule has 2 fully saturated rings. The first-order valence-corrected chi connectivity index (χ1v) is 7.87. The van der Waals surface area contributed by atoms with Crippen molar-refractivity contribution in [1.82, 2.24) is 10.6 Å². The van der Waals surface area contributed by atoms with Gasteiger partial charge in [0.15, 0.2) is 0 Å². The quantitative estimate of drug-likeness (QED) is 0.838. The van der Waals surface area contributed by atoms with Crippen LogP contribution in [0.2, 0.25) is 0 Å². The molecule has 1 saturated heterocycles. The molecule has 3 nitrogen and oxygen atoms in total. The Labute approximate surface area is 123 Å². The summed E-state index contributed by atoms with van der Waals surface area (Å²) in [6.45, 7) is 1.90. The summed E-state index contributed by atoms with van der Waals surface area (Å²) < 4.78 is 0. The molecule has 4 heteroatoms. The van der Waals surface area contributed by atoms with Crippen molar-refractivity contribution in [1.29, 1.82) is 0 Å². The van der Waals surface area contributed by atoms with Gasteiger partial charge in [-0.25, -0.2) is 0 Å². The van der Waals surface area contributed by atoms with Crippen molar-refractivity contribution in [2.75, 3.05) is 13.1 Å². The van der Waals surface area contributed by atoms with Crippen molar-refractivity contribution in [3.63, 3.8) is 0 Å². The zero-order valence-electron chi connectivity index (χ0n) is 12.0. The fraction of sp³-hybridized carbons (Fsp3) is 0.933. The highest BCUT2D eigenvalue weighted by atomic mass is 35.5. The van der Waals surface area contributed by atoms with Crippen molar-refractivity contribution >= 4 is 18.3 Å². The van der Waals surface area contributed by atoms with E-state index in [4.69, 9.17) is 0 Å². The Kier molecular flexibility index (Phi) is 8.47. The third-order valence-corrected chi connectivity index (χ3v) is 4.42. The molecule has 0 aromatic heterocycles. The van der Waals surface area contributed by atoms with E-state index >= 15 is 0 Å². The van der Waals surface area contributed by atoms with Crippen LogP contribution in [-0.4, -0.2) is 25.0 Å². The Morgan fingerprint density at radius 2 is 1.58 bits per heavy atom. The van der Waals surface area contributed by atoms with Gasteiger partial charge >= 0.3 is 0 Å². The van der Waals surface area contributed by atoms with Crippen LogP contribution in [0.1, 0.15) is 64.2 Å². The first kappa shape index (κ1) is 16.8. The van der Waals surface area contributed by atoms with Gasteiger partial charge in [0.2, 0.25) is 5.91 Å². The predicted molar refractivity (Wildman–Crippen MR) is 81.7 cm³/mol. The SMILES string of the molecule is Cl.O=C(NCC1CCCCCCC1)C1CCCCN1. The maximum absolute atomic E-state index is 12.0. The van der Waals surface area contributed by atoms with E-state index in [9.17, 15) is 4.79 Å². The summed E-state index contributed by atoms with van der Waals surface area (Å²) in [6, 6.07) is 0.0762. The van der Waals surface area contributed by atoms with Gasteiger partial charge in [-0.05, 0) is 38.1 Å². The minimum atomic E-state index is 0. The molecule has 2 rings (SSSR count). The summed E-state index contributed by atoms with van der Waals surface area (Å²) in [6.07, 6.45) is 12.9. The highest BCUT2D eigenvalue weighted by Crippen LogP contribution is 2.21. The molecular formula is C15H29ClN2O. The molecule has 1 unspecified atom stereocenters. The fourth-order valence-corrected chi connectivity index (χ4v) is 3.19. The molecule has 1 heterocycles. The van der Waals surface area contributed by atoms with E-state index in [1.165, 1.54) is 57.8 Å². The number of halogens is 1. The maximum atomic E-state index is 12.0. The first-order valence-electron chi connectivity index (χ1n) is 7.87. The lowest BCUT2D eigenvalue weighted by atomic mass is 9.91. The van der Waals surface area contributed by atoms with Crippen molar-refractivity contribution < 1.29 is 4.79 Å². The number of carbonyl (C=O) groups excluding carboxylic acids is 1. The van der Waals surface area contributed by atoms with Gasteiger partial charge in [0.1, 0.15) is 0 Å². The Bertz CT molecular complexity index is 247. The lowest BCUT2D eigenvalue weighted by Gasteiger charge is -2.25. The second-order valence-electron chi connectivity index (χ2n) is 5.96. The topological polar surface area (TPSA) is 41.1 Å². The van der Waals surface area contributed by atoms with Crippen molar-refractivity contribution in [2.45, 2.75) is 70.3 Å². The van der Waals surface area contributed by atoms with Crippen LogP contribution in [0.15, 0.2) is 0 Å². The van der Waals surface area contributed by atoms with Gasteiger partial charge in [-0.3, -0.25) is 4.79 Å². The molecule has 1 atom stereocenters. The second kappa shape index (κ2) is 9.60. The third-order valence-electron chi connectivity index (χ3n) is 4.42. The number of hydrogen-bond donors (Lipinski definition) is 2. The molecule has 1 amide bonds. The zero-order valence-corrected chi connectivity index (χ0v) is 12.8. The molecule has 0 aromatic rings. The molecule has 1 aliphatic carbocycles. The van der Waals surface area contributed by atoms with Gasteiger partial charge in [-0.2, -0.15) is 0 Å². The summed E-state index contributed by atoms with van der Waals surface area (Å²) >= 11 is 0. The van der Waals surface area contributed by atoms with E-state index < -0.39 is 0 Å². The predicted octanol–water partition coefficient (Wildman–Crippen LogP) is 3.03. The minimum Gasteiger partial charge on any atom is -0.354 e. The fourth-order valence-electron chi connectivity index (χ4n) is 3.19. The van der Waals surface area contributed by atoms with Crippen LogP contribution in [0.3, 0.4) is 0 Å². The van der Waals surface area contributed by atoms with E-state index in [1.54, 1.807) is 0 Å². The lowest BCUT2D eigenvalue weighted by Crippen LogP contribution is -2.47. The van der Waals surface area contributed by atoms with Crippen LogP contribution in [-0.2, 0) is 4.79 Å². The maximum Gasteiger partial charge on any atom is 0.237 e. The molecule has 2 N–H and O–H groups in total. The largest absolute Gasteiger partial charge is 0.354 e. The molecule has 2 aliphatic rings. The molecule has 0 radical (unpaired) electrons. The van der Waals surface area contributed by atoms with Crippen LogP contribution < -0.4 is 10.6 Å². The molecule has 1 aliphatic heterocycles. The van der Waals surface area contributed by atoms with Crippen molar-refractivity contribution in [3.8, 4) is 0 Å². The van der Waals surface area contributed by atoms with E-state index in [2.05, 4.69) is 10.6 Å². The molecule has 0 bridgehead atoms. The number of piperidine rings is 1. The second-order valence-corrected chi connectivity index (χ2v) is 5.96. The minimum absolute atomic E-state index is 0. The van der Waals surface area contributed by atoms with Gasteiger partial charge in [-0.1, -0.05) is 38.5 Å². The van der Waals surface area contributed by atoms with Crippen LogP contribution in [0.4, 0.5) is 0 Å². The Balaban J connectivity index is 0.00000180. The van der Waals surface area contributed by atoms with Crippen LogP contribution in [0, 0.1) is 5.92 Å². The average Bonchev–Trinajstić information content (AvgIpc) is 2.38. The highest BCUT2D eigenvalue weighted by Gasteiger charge is 2.21. The summed E-state index contributed by atoms with van der Waals surface area (Å²) in [7, 11) is 0. The normalized spacial score (nSPS) is 25.8. The third kappa shape index (κ3) is 6.13. The standard InChI is InChI=1S/C15H28N2O.ClH/c18-15(14-10-6-7-11-16-14)17-12-13-8-4-2-1-3-5-9-13;/h13-14,16H,1-12H2,(H,17,18);1H. The van der Waals surface area contributed by atoms with Crippen LogP contribution in [0.25, 0.3) is 0 Å². The first-order chi connectivity index (χ1) is 8.86. The number of amides is 1. The Morgan fingerprint density at radius 1 is 0.947 bits per heavy atom. The van der Waals surface area contributed by atoms with Crippen molar-refractivity contribution in [3.05, 3.63) is 0 Å². The summed E-state index contributed by atoms with van der Waals surface area (Å²) in [5, 5.41) is 6.49. The van der Waals surface area contributed by atoms with Gasteiger partial charge in [-0.15, -0.1) is 12.4 Å². The van der Waals surface area contributed by atoms with Gasteiger partial charge < -0.3 is 10.6 Å². The summed E-state index contributed by atoms with van der Waals surface area (Å²) in [5.41, 5.74) is 0. The van der Waals surface area contributed by atoms with E-state index in [1.807, 2.05) is 0 Å². The highest BCUT2D eigenvalue weighted by molar-refractivity contribution is 5.85. The van der Waals surface area contributed by atoms with Crippen LogP contribution >= 0.6 is 12.4 Å². The van der Waals surface area contributed by atoms with E-state index in [0.717, 1.165) is 25.4 Å². The summed E-state index contributed by atoms with van der Waals surface area (Å²) in [5.74, 6) is 0.953. The molecule has 1 saturated carbocycles. The van der Waals surface area contributed by atoms with Gasteiger partial charge in [0.05, 0.1) is 6.04 Å². The molecular weight excluding hydrogens is 260 g/mol. The van der Waals surface area contributed by atoms with Gasteiger partial charge in [0, 0.05) is 6.54 Å². The zero-order chi connectivity index (χ0) is 12.6. The van der Waals surface area contributed by atoms with Crippen LogP contribution in [0.5, 0.6) is 0 Å². The molecule has 0 spiro atoms. The van der Waals surface area contributed by atoms with Crippen molar-refractivity contribution in [2.24, 2.45) is 5.92 Å². The smallest absolute Gasteiger partial charge is 0.237 e. The Hall–Kier alpha value is -0.280.